The van der Waals surface area contributed by atoms with Gasteiger partial charge >= 0.3 is 0 Å². The SMILES string of the molecule is O=S1(=O)CCC(Nc2nncc(N3CCN(c4ncccn4)CC3)n2)C1. The molecule has 2 saturated heterocycles. The molecule has 2 aliphatic rings. The van der Waals surface area contributed by atoms with Crippen LogP contribution in [0.4, 0.5) is 17.7 Å². The topological polar surface area (TPSA) is 117 Å². The molecular formula is C15H20N8O2S. The van der Waals surface area contributed by atoms with Crippen molar-refractivity contribution >= 4 is 27.6 Å². The van der Waals surface area contributed by atoms with Crippen molar-refractivity contribution in [2.24, 2.45) is 0 Å². The molecule has 1 atom stereocenters. The minimum atomic E-state index is -2.94. The van der Waals surface area contributed by atoms with Crippen LogP contribution < -0.4 is 15.1 Å². The van der Waals surface area contributed by atoms with Crippen molar-refractivity contribution in [2.45, 2.75) is 12.5 Å². The fourth-order valence-electron chi connectivity index (χ4n) is 3.19. The number of rotatable bonds is 4. The average molecular weight is 376 g/mol. The average Bonchev–Trinajstić information content (AvgIpc) is 3.01. The molecule has 4 heterocycles. The summed E-state index contributed by atoms with van der Waals surface area (Å²) in [4.78, 5) is 17.3. The van der Waals surface area contributed by atoms with Crippen molar-refractivity contribution in [1.82, 2.24) is 25.1 Å². The molecule has 2 aromatic rings. The zero-order valence-corrected chi connectivity index (χ0v) is 15.0. The van der Waals surface area contributed by atoms with E-state index in [2.05, 4.69) is 40.3 Å². The van der Waals surface area contributed by atoms with Gasteiger partial charge < -0.3 is 15.1 Å². The van der Waals surface area contributed by atoms with E-state index in [1.165, 1.54) is 0 Å². The van der Waals surface area contributed by atoms with Crippen LogP contribution in [0.2, 0.25) is 0 Å². The Morgan fingerprint density at radius 2 is 1.81 bits per heavy atom. The van der Waals surface area contributed by atoms with E-state index in [4.69, 9.17) is 0 Å². The van der Waals surface area contributed by atoms with Crippen molar-refractivity contribution in [1.29, 1.82) is 0 Å². The monoisotopic (exact) mass is 376 g/mol. The lowest BCUT2D eigenvalue weighted by atomic mass is 10.3. The van der Waals surface area contributed by atoms with Gasteiger partial charge in [0.15, 0.2) is 15.7 Å². The Balaban J connectivity index is 1.38. The first kappa shape index (κ1) is 16.9. The van der Waals surface area contributed by atoms with E-state index in [0.717, 1.165) is 37.9 Å². The molecule has 0 aliphatic carbocycles. The number of piperazine rings is 1. The lowest BCUT2D eigenvalue weighted by Crippen LogP contribution is -2.47. The second-order valence-electron chi connectivity index (χ2n) is 6.41. The van der Waals surface area contributed by atoms with Gasteiger partial charge in [0.1, 0.15) is 0 Å². The fraction of sp³-hybridized carbons (Fsp3) is 0.533. The van der Waals surface area contributed by atoms with E-state index >= 15 is 0 Å². The van der Waals surface area contributed by atoms with Gasteiger partial charge in [-0.2, -0.15) is 10.1 Å². The van der Waals surface area contributed by atoms with E-state index in [1.807, 2.05) is 0 Å². The van der Waals surface area contributed by atoms with Crippen molar-refractivity contribution in [3.8, 4) is 0 Å². The number of nitrogens with one attached hydrogen (secondary N) is 1. The fourth-order valence-corrected chi connectivity index (χ4v) is 4.86. The van der Waals surface area contributed by atoms with Crippen molar-refractivity contribution < 1.29 is 8.42 Å². The molecule has 138 valence electrons. The van der Waals surface area contributed by atoms with Crippen LogP contribution in [0.15, 0.2) is 24.7 Å². The van der Waals surface area contributed by atoms with E-state index in [0.29, 0.717) is 12.4 Å². The second-order valence-corrected chi connectivity index (χ2v) is 8.63. The first-order valence-electron chi connectivity index (χ1n) is 8.53. The van der Waals surface area contributed by atoms with Gasteiger partial charge in [-0.1, -0.05) is 0 Å². The summed E-state index contributed by atoms with van der Waals surface area (Å²) in [6, 6.07) is 1.65. The van der Waals surface area contributed by atoms with Crippen molar-refractivity contribution in [3.05, 3.63) is 24.7 Å². The molecule has 1 N–H and O–H groups in total. The molecule has 0 spiro atoms. The Hall–Kier alpha value is -2.56. The highest BCUT2D eigenvalue weighted by Crippen LogP contribution is 2.18. The number of aromatic nitrogens is 5. The Labute approximate surface area is 151 Å². The van der Waals surface area contributed by atoms with E-state index in [9.17, 15) is 8.42 Å². The summed E-state index contributed by atoms with van der Waals surface area (Å²) < 4.78 is 23.1. The summed E-state index contributed by atoms with van der Waals surface area (Å²) in [6.45, 7) is 3.12. The highest BCUT2D eigenvalue weighted by Gasteiger charge is 2.28. The van der Waals surface area contributed by atoms with Crippen LogP contribution in [0.5, 0.6) is 0 Å². The van der Waals surface area contributed by atoms with Crippen LogP contribution in [0, 0.1) is 0 Å². The van der Waals surface area contributed by atoms with Crippen LogP contribution in [-0.4, -0.2) is 77.3 Å². The normalized spacial score (nSPS) is 22.4. The summed E-state index contributed by atoms with van der Waals surface area (Å²) >= 11 is 0. The first-order chi connectivity index (χ1) is 12.6. The van der Waals surface area contributed by atoms with Crippen LogP contribution in [0.3, 0.4) is 0 Å². The van der Waals surface area contributed by atoms with Gasteiger partial charge in [0, 0.05) is 44.6 Å². The summed E-state index contributed by atoms with van der Waals surface area (Å²) in [5, 5.41) is 11.1. The highest BCUT2D eigenvalue weighted by molar-refractivity contribution is 7.91. The molecule has 26 heavy (non-hydrogen) atoms. The van der Waals surface area contributed by atoms with Gasteiger partial charge in [0.2, 0.25) is 11.9 Å². The third kappa shape index (κ3) is 3.82. The minimum Gasteiger partial charge on any atom is -0.352 e. The highest BCUT2D eigenvalue weighted by atomic mass is 32.2. The molecule has 1 unspecified atom stereocenters. The Morgan fingerprint density at radius 3 is 2.50 bits per heavy atom. The lowest BCUT2D eigenvalue weighted by Gasteiger charge is -2.35. The predicted molar refractivity (Wildman–Crippen MR) is 97.0 cm³/mol. The maximum Gasteiger partial charge on any atom is 0.244 e. The standard InChI is InChI=1S/C15H20N8O2S/c24-26(25)9-2-12(11-26)19-14-20-13(10-18-21-14)22-5-7-23(8-6-22)15-16-3-1-4-17-15/h1,3-4,10,12H,2,5-9,11H2,(H,19,20,21). The van der Waals surface area contributed by atoms with Crippen LogP contribution >= 0.6 is 0 Å². The zero-order chi connectivity index (χ0) is 18.0. The summed E-state index contributed by atoms with van der Waals surface area (Å²) in [5.74, 6) is 2.17. The van der Waals surface area contributed by atoms with Gasteiger partial charge in [0.05, 0.1) is 17.7 Å². The van der Waals surface area contributed by atoms with Crippen LogP contribution in [-0.2, 0) is 9.84 Å². The van der Waals surface area contributed by atoms with Gasteiger partial charge in [-0.05, 0) is 12.5 Å². The molecule has 10 nitrogen and oxygen atoms in total. The van der Waals surface area contributed by atoms with Gasteiger partial charge in [-0.3, -0.25) is 0 Å². The number of anilines is 3. The second kappa shape index (κ2) is 6.98. The van der Waals surface area contributed by atoms with Crippen molar-refractivity contribution in [3.63, 3.8) is 0 Å². The van der Waals surface area contributed by atoms with E-state index in [-0.39, 0.29) is 17.5 Å². The lowest BCUT2D eigenvalue weighted by molar-refractivity contribution is 0.602. The smallest absolute Gasteiger partial charge is 0.244 e. The molecule has 2 fully saturated rings. The molecule has 0 saturated carbocycles. The van der Waals surface area contributed by atoms with E-state index in [1.54, 1.807) is 24.7 Å². The maximum atomic E-state index is 11.6. The quantitative estimate of drug-likeness (QED) is 0.754. The van der Waals surface area contributed by atoms with Gasteiger partial charge in [-0.25, -0.2) is 18.4 Å². The molecule has 2 aliphatic heterocycles. The Bertz CT molecular complexity index is 855. The largest absolute Gasteiger partial charge is 0.352 e. The van der Waals surface area contributed by atoms with E-state index < -0.39 is 9.84 Å². The Morgan fingerprint density at radius 1 is 1.08 bits per heavy atom. The molecule has 0 amide bonds. The molecular weight excluding hydrogens is 356 g/mol. The molecule has 4 rings (SSSR count). The van der Waals surface area contributed by atoms with Gasteiger partial charge in [0.25, 0.3) is 0 Å². The third-order valence-corrected chi connectivity index (χ3v) is 6.32. The Kier molecular flexibility index (Phi) is 4.53. The predicted octanol–water partition coefficient (Wildman–Crippen LogP) is -0.413. The number of nitrogens with zero attached hydrogens (tertiary/aromatic N) is 7. The zero-order valence-electron chi connectivity index (χ0n) is 14.2. The van der Waals surface area contributed by atoms with Crippen LogP contribution in [0.1, 0.15) is 6.42 Å². The molecule has 2 aromatic heterocycles. The number of hydrogen-bond donors (Lipinski definition) is 1. The number of sulfone groups is 1. The summed E-state index contributed by atoms with van der Waals surface area (Å²) in [6.07, 6.45) is 5.69. The number of hydrogen-bond acceptors (Lipinski definition) is 10. The molecule has 0 radical (unpaired) electrons. The van der Waals surface area contributed by atoms with Crippen LogP contribution in [0.25, 0.3) is 0 Å². The minimum absolute atomic E-state index is 0.121. The molecule has 11 heteroatoms. The third-order valence-electron chi connectivity index (χ3n) is 4.55. The molecule has 0 bridgehead atoms. The van der Waals surface area contributed by atoms with Crippen molar-refractivity contribution in [2.75, 3.05) is 52.8 Å². The van der Waals surface area contributed by atoms with Gasteiger partial charge in [-0.15, -0.1) is 5.10 Å². The first-order valence-corrected chi connectivity index (χ1v) is 10.3. The summed E-state index contributed by atoms with van der Waals surface area (Å²) in [7, 11) is -2.94. The maximum absolute atomic E-state index is 11.6. The molecule has 0 aromatic carbocycles. The summed E-state index contributed by atoms with van der Waals surface area (Å²) in [5.41, 5.74) is 0.